The lowest BCUT2D eigenvalue weighted by Gasteiger charge is -2.24. The number of nitrogens with one attached hydrogen (secondary N) is 1. The van der Waals surface area contributed by atoms with E-state index in [-0.39, 0.29) is 29.8 Å². The van der Waals surface area contributed by atoms with Gasteiger partial charge in [-0.2, -0.15) is 0 Å². The maximum absolute atomic E-state index is 12.3. The Balaban J connectivity index is 2.69. The summed E-state index contributed by atoms with van der Waals surface area (Å²) in [5, 5.41) is 0. The van der Waals surface area contributed by atoms with Crippen LogP contribution in [0.5, 0.6) is 11.5 Å². The Morgan fingerprint density at radius 3 is 2.40 bits per heavy atom. The number of rotatable bonds is 10. The fourth-order valence-corrected chi connectivity index (χ4v) is 3.18. The fourth-order valence-electron chi connectivity index (χ4n) is 2.13. The average Bonchev–Trinajstić information content (AvgIpc) is 2.60. The molecule has 0 saturated heterocycles. The van der Waals surface area contributed by atoms with E-state index >= 15 is 0 Å². The highest BCUT2D eigenvalue weighted by molar-refractivity contribution is 7.89. The fraction of sp³-hybridized carbons (Fsp3) is 0.562. The van der Waals surface area contributed by atoms with Gasteiger partial charge in [-0.05, 0) is 19.1 Å². The van der Waals surface area contributed by atoms with Crippen molar-refractivity contribution in [3.63, 3.8) is 0 Å². The lowest BCUT2D eigenvalue weighted by molar-refractivity contribution is -0.132. The quantitative estimate of drug-likeness (QED) is 0.653. The van der Waals surface area contributed by atoms with E-state index in [1.165, 1.54) is 37.3 Å². The molecule has 0 saturated carbocycles. The number of hydrogen-bond acceptors (Lipinski definition) is 6. The van der Waals surface area contributed by atoms with Crippen molar-refractivity contribution in [1.29, 1.82) is 0 Å². The van der Waals surface area contributed by atoms with Gasteiger partial charge in [0.15, 0.2) is 11.5 Å². The van der Waals surface area contributed by atoms with E-state index in [9.17, 15) is 13.2 Å². The minimum atomic E-state index is -3.75. The lowest BCUT2D eigenvalue weighted by Crippen LogP contribution is -2.39. The van der Waals surface area contributed by atoms with Crippen molar-refractivity contribution in [2.75, 3.05) is 41.5 Å². The highest BCUT2D eigenvalue weighted by Crippen LogP contribution is 2.29. The van der Waals surface area contributed by atoms with Crippen LogP contribution in [0.3, 0.4) is 0 Å². The second-order valence-electron chi connectivity index (χ2n) is 5.47. The smallest absolute Gasteiger partial charge is 0.240 e. The molecule has 1 aromatic carbocycles. The van der Waals surface area contributed by atoms with Gasteiger partial charge in [-0.15, -0.1) is 0 Å². The Labute approximate surface area is 149 Å². The Bertz CT molecular complexity index is 677. The molecular weight excluding hydrogens is 348 g/mol. The Kier molecular flexibility index (Phi) is 8.14. The first-order valence-corrected chi connectivity index (χ1v) is 9.21. The van der Waals surface area contributed by atoms with Gasteiger partial charge in [-0.3, -0.25) is 4.79 Å². The van der Waals surface area contributed by atoms with Gasteiger partial charge in [0, 0.05) is 33.2 Å². The Hall–Kier alpha value is -1.84. The van der Waals surface area contributed by atoms with E-state index in [1.54, 1.807) is 14.2 Å². The zero-order valence-corrected chi connectivity index (χ0v) is 16.1. The van der Waals surface area contributed by atoms with Gasteiger partial charge in [-0.25, -0.2) is 13.1 Å². The summed E-state index contributed by atoms with van der Waals surface area (Å²) in [5.41, 5.74) is 0. The molecule has 1 atom stereocenters. The third-order valence-electron chi connectivity index (χ3n) is 3.76. The summed E-state index contributed by atoms with van der Waals surface area (Å²) >= 11 is 0. The molecular formula is C16H26N2O6S. The number of carbonyl (C=O) groups is 1. The van der Waals surface area contributed by atoms with E-state index in [2.05, 4.69) is 4.72 Å². The van der Waals surface area contributed by atoms with Crippen LogP contribution in [-0.4, -0.2) is 66.8 Å². The molecule has 1 aromatic rings. The standard InChI is InChI=1S/C16H26N2O6S/c1-12(11-22-3)18(2)16(19)8-9-17-25(20,21)13-6-7-14(23-4)15(10-13)24-5/h6-7,10,12,17H,8-9,11H2,1-5H3/t12-/m0/s1. The van der Waals surface area contributed by atoms with Crippen molar-refractivity contribution in [3.05, 3.63) is 18.2 Å². The van der Waals surface area contributed by atoms with Crippen LogP contribution in [0.25, 0.3) is 0 Å². The molecule has 8 nitrogen and oxygen atoms in total. The first-order chi connectivity index (χ1) is 11.8. The van der Waals surface area contributed by atoms with Crippen LogP contribution in [0.4, 0.5) is 0 Å². The number of ether oxygens (including phenoxy) is 3. The third kappa shape index (κ3) is 5.87. The molecule has 0 heterocycles. The molecule has 0 radical (unpaired) electrons. The topological polar surface area (TPSA) is 94.2 Å². The summed E-state index contributed by atoms with van der Waals surface area (Å²) < 4.78 is 42.3. The molecule has 0 aliphatic rings. The molecule has 0 fully saturated rings. The number of carbonyl (C=O) groups excluding carboxylic acids is 1. The van der Waals surface area contributed by atoms with Crippen LogP contribution >= 0.6 is 0 Å². The zero-order chi connectivity index (χ0) is 19.0. The van der Waals surface area contributed by atoms with Crippen LogP contribution in [0.15, 0.2) is 23.1 Å². The first-order valence-electron chi connectivity index (χ1n) is 7.73. The van der Waals surface area contributed by atoms with Gasteiger partial charge in [0.1, 0.15) is 0 Å². The predicted molar refractivity (Wildman–Crippen MR) is 93.5 cm³/mol. The van der Waals surface area contributed by atoms with E-state index in [0.29, 0.717) is 18.1 Å². The number of hydrogen-bond donors (Lipinski definition) is 1. The number of methoxy groups -OCH3 is 3. The molecule has 0 bridgehead atoms. The summed E-state index contributed by atoms with van der Waals surface area (Å²) in [7, 11) is 2.37. The van der Waals surface area contributed by atoms with Crippen LogP contribution < -0.4 is 14.2 Å². The maximum Gasteiger partial charge on any atom is 0.240 e. The molecule has 0 spiro atoms. The monoisotopic (exact) mass is 374 g/mol. The van der Waals surface area contributed by atoms with E-state index in [0.717, 1.165) is 0 Å². The maximum atomic E-state index is 12.3. The van der Waals surface area contributed by atoms with Gasteiger partial charge >= 0.3 is 0 Å². The highest BCUT2D eigenvalue weighted by Gasteiger charge is 2.19. The van der Waals surface area contributed by atoms with Crippen LogP contribution in [0.1, 0.15) is 13.3 Å². The van der Waals surface area contributed by atoms with Crippen molar-refractivity contribution < 1.29 is 27.4 Å². The largest absolute Gasteiger partial charge is 0.493 e. The Morgan fingerprint density at radius 2 is 1.84 bits per heavy atom. The minimum Gasteiger partial charge on any atom is -0.493 e. The number of amides is 1. The number of likely N-dealkylation sites (N-methyl/N-ethyl adjacent to an activating group) is 1. The van der Waals surface area contributed by atoms with E-state index in [1.807, 2.05) is 6.92 Å². The summed E-state index contributed by atoms with van der Waals surface area (Å²) in [6.45, 7) is 2.27. The average molecular weight is 374 g/mol. The summed E-state index contributed by atoms with van der Waals surface area (Å²) in [5.74, 6) is 0.583. The SMILES string of the molecule is COC[C@H](C)N(C)C(=O)CCNS(=O)(=O)c1ccc(OC)c(OC)c1. The highest BCUT2D eigenvalue weighted by atomic mass is 32.2. The molecule has 0 aliphatic carbocycles. The molecule has 1 N–H and O–H groups in total. The van der Waals surface area contributed by atoms with Gasteiger partial charge in [0.2, 0.25) is 15.9 Å². The molecule has 1 rings (SSSR count). The second kappa shape index (κ2) is 9.59. The van der Waals surface area contributed by atoms with Gasteiger partial charge < -0.3 is 19.1 Å². The molecule has 0 aromatic heterocycles. The van der Waals surface area contributed by atoms with E-state index in [4.69, 9.17) is 14.2 Å². The van der Waals surface area contributed by atoms with Crippen LogP contribution in [-0.2, 0) is 19.6 Å². The number of benzene rings is 1. The number of nitrogens with zero attached hydrogens (tertiary/aromatic N) is 1. The lowest BCUT2D eigenvalue weighted by atomic mass is 10.3. The van der Waals surface area contributed by atoms with Crippen LogP contribution in [0, 0.1) is 0 Å². The van der Waals surface area contributed by atoms with Crippen molar-refractivity contribution in [2.24, 2.45) is 0 Å². The predicted octanol–water partition coefficient (Wildman–Crippen LogP) is 0.866. The molecule has 0 aliphatic heterocycles. The third-order valence-corrected chi connectivity index (χ3v) is 5.22. The van der Waals surface area contributed by atoms with Crippen molar-refractivity contribution in [1.82, 2.24) is 9.62 Å². The molecule has 25 heavy (non-hydrogen) atoms. The Morgan fingerprint density at radius 1 is 1.20 bits per heavy atom. The molecule has 9 heteroatoms. The van der Waals surface area contributed by atoms with Crippen LogP contribution in [0.2, 0.25) is 0 Å². The number of sulfonamides is 1. The van der Waals surface area contributed by atoms with Gasteiger partial charge in [0.25, 0.3) is 0 Å². The van der Waals surface area contributed by atoms with Gasteiger partial charge in [0.05, 0.1) is 31.8 Å². The normalized spacial score (nSPS) is 12.5. The van der Waals surface area contributed by atoms with Crippen molar-refractivity contribution in [2.45, 2.75) is 24.3 Å². The summed E-state index contributed by atoms with van der Waals surface area (Å²) in [6.07, 6.45) is 0.0527. The summed E-state index contributed by atoms with van der Waals surface area (Å²) in [4.78, 5) is 13.6. The minimum absolute atomic E-state index is 0.000443. The zero-order valence-electron chi connectivity index (χ0n) is 15.2. The molecule has 0 unspecified atom stereocenters. The van der Waals surface area contributed by atoms with Crippen molar-refractivity contribution in [3.8, 4) is 11.5 Å². The molecule has 142 valence electrons. The molecule has 1 amide bonds. The van der Waals surface area contributed by atoms with Gasteiger partial charge in [-0.1, -0.05) is 0 Å². The summed E-state index contributed by atoms with van der Waals surface area (Å²) in [6, 6.07) is 4.22. The van der Waals surface area contributed by atoms with Crippen molar-refractivity contribution >= 4 is 15.9 Å². The van der Waals surface area contributed by atoms with E-state index < -0.39 is 10.0 Å². The first kappa shape index (κ1) is 21.2. The second-order valence-corrected chi connectivity index (χ2v) is 7.24.